The number of anilines is 2. The van der Waals surface area contributed by atoms with Crippen molar-refractivity contribution in [2.75, 3.05) is 37.5 Å². The lowest BCUT2D eigenvalue weighted by atomic mass is 9.96. The van der Waals surface area contributed by atoms with Crippen molar-refractivity contribution in [2.45, 2.75) is 29.7 Å². The molecule has 1 N–H and O–H groups in total. The van der Waals surface area contributed by atoms with Gasteiger partial charge in [0.1, 0.15) is 5.03 Å². The van der Waals surface area contributed by atoms with E-state index in [0.29, 0.717) is 17.2 Å². The van der Waals surface area contributed by atoms with Crippen LogP contribution in [0.4, 0.5) is 11.5 Å². The van der Waals surface area contributed by atoms with Crippen molar-refractivity contribution in [1.82, 2.24) is 9.97 Å². The third kappa shape index (κ3) is 5.57. The molecule has 0 saturated carbocycles. The van der Waals surface area contributed by atoms with Gasteiger partial charge in [-0.15, -0.1) is 0 Å². The zero-order valence-corrected chi connectivity index (χ0v) is 19.9. The normalized spacial score (nSPS) is 14.1. The van der Waals surface area contributed by atoms with Gasteiger partial charge in [0.2, 0.25) is 5.91 Å². The fourth-order valence-electron chi connectivity index (χ4n) is 3.84. The van der Waals surface area contributed by atoms with Crippen molar-refractivity contribution in [3.05, 3.63) is 60.4 Å². The lowest BCUT2D eigenvalue weighted by Gasteiger charge is -2.32. The first-order chi connectivity index (χ1) is 16.1. The smallest absolute Gasteiger partial charge is 0.227 e. The number of hydrogen-bond acceptors (Lipinski definition) is 7. The van der Waals surface area contributed by atoms with Crippen LogP contribution in [0.1, 0.15) is 18.4 Å². The molecule has 2 aromatic carbocycles. The van der Waals surface area contributed by atoms with Gasteiger partial charge in [-0.25, -0.2) is 9.97 Å². The molecule has 7 nitrogen and oxygen atoms in total. The van der Waals surface area contributed by atoms with Gasteiger partial charge in [-0.05, 0) is 44.0 Å². The van der Waals surface area contributed by atoms with E-state index in [9.17, 15) is 4.79 Å². The average molecular weight is 465 g/mol. The van der Waals surface area contributed by atoms with Crippen molar-refractivity contribution in [2.24, 2.45) is 5.92 Å². The summed E-state index contributed by atoms with van der Waals surface area (Å²) in [5, 5.41) is 3.90. The third-order valence-electron chi connectivity index (χ3n) is 5.70. The lowest BCUT2D eigenvalue weighted by molar-refractivity contribution is -0.120. The summed E-state index contributed by atoms with van der Waals surface area (Å²) in [4.78, 5) is 25.4. The van der Waals surface area contributed by atoms with Gasteiger partial charge < -0.3 is 19.7 Å². The second-order valence-corrected chi connectivity index (χ2v) is 8.98. The van der Waals surface area contributed by atoms with Gasteiger partial charge >= 0.3 is 0 Å². The Hall–Kier alpha value is -3.26. The number of rotatable bonds is 7. The molecule has 0 aliphatic carbocycles. The Morgan fingerprint density at radius 2 is 1.70 bits per heavy atom. The number of carbonyl (C=O) groups is 1. The minimum atomic E-state index is -0.0563. The van der Waals surface area contributed by atoms with Crippen LogP contribution in [0, 0.1) is 12.8 Å². The van der Waals surface area contributed by atoms with Crippen LogP contribution < -0.4 is 19.7 Å². The van der Waals surface area contributed by atoms with Crippen LogP contribution in [-0.4, -0.2) is 43.2 Å². The predicted molar refractivity (Wildman–Crippen MR) is 130 cm³/mol. The SMILES string of the molecule is COc1ccc(NC(=O)C2CCN(c3nccnc3Sc3ccc(C)cc3)CC2)cc1OC. The van der Waals surface area contributed by atoms with Gasteiger partial charge in [-0.3, -0.25) is 4.79 Å². The molecule has 0 atom stereocenters. The number of benzene rings is 2. The number of piperidine rings is 1. The van der Waals surface area contributed by atoms with Gasteiger partial charge in [0, 0.05) is 48.1 Å². The highest BCUT2D eigenvalue weighted by Crippen LogP contribution is 2.34. The highest BCUT2D eigenvalue weighted by molar-refractivity contribution is 7.99. The molecule has 3 aromatic rings. The van der Waals surface area contributed by atoms with Crippen LogP contribution in [0.25, 0.3) is 0 Å². The summed E-state index contributed by atoms with van der Waals surface area (Å²) < 4.78 is 10.6. The van der Waals surface area contributed by atoms with E-state index >= 15 is 0 Å². The first-order valence-electron chi connectivity index (χ1n) is 10.9. The van der Waals surface area contributed by atoms with Gasteiger partial charge in [-0.1, -0.05) is 29.5 Å². The number of ether oxygens (including phenoxy) is 2. The van der Waals surface area contributed by atoms with Gasteiger partial charge in [0.15, 0.2) is 17.3 Å². The Kier molecular flexibility index (Phi) is 7.34. The molecule has 0 radical (unpaired) electrons. The molecule has 1 fully saturated rings. The summed E-state index contributed by atoms with van der Waals surface area (Å²) in [6, 6.07) is 13.8. The number of aryl methyl sites for hydroxylation is 1. The molecule has 1 aromatic heterocycles. The molecule has 1 saturated heterocycles. The number of hydrogen-bond donors (Lipinski definition) is 1. The molecule has 1 aliphatic heterocycles. The topological polar surface area (TPSA) is 76.6 Å². The Bertz CT molecular complexity index is 1100. The molecule has 172 valence electrons. The summed E-state index contributed by atoms with van der Waals surface area (Å²) in [6.45, 7) is 3.59. The Labute approximate surface area is 198 Å². The number of aromatic nitrogens is 2. The van der Waals surface area contributed by atoms with Crippen molar-refractivity contribution in [3.8, 4) is 11.5 Å². The van der Waals surface area contributed by atoms with Crippen molar-refractivity contribution in [1.29, 1.82) is 0 Å². The minimum Gasteiger partial charge on any atom is -0.493 e. The van der Waals surface area contributed by atoms with Crippen LogP contribution in [0.2, 0.25) is 0 Å². The maximum Gasteiger partial charge on any atom is 0.227 e. The Balaban J connectivity index is 1.38. The molecule has 8 heteroatoms. The van der Waals surface area contributed by atoms with E-state index in [1.54, 1.807) is 50.5 Å². The standard InChI is InChI=1S/C25H28N4O3S/c1-17-4-7-20(8-5-17)33-25-23(26-12-13-27-25)29-14-10-18(11-15-29)24(30)28-19-6-9-21(31-2)22(16-19)32-3/h4-9,12-13,16,18H,10-11,14-15H2,1-3H3,(H,28,30). The van der Waals surface area contributed by atoms with E-state index in [2.05, 4.69) is 51.4 Å². The van der Waals surface area contributed by atoms with E-state index in [0.717, 1.165) is 41.7 Å². The molecule has 4 rings (SSSR count). The number of amides is 1. The highest BCUT2D eigenvalue weighted by atomic mass is 32.2. The van der Waals surface area contributed by atoms with Crippen LogP contribution in [-0.2, 0) is 4.79 Å². The number of nitrogens with zero attached hydrogens (tertiary/aromatic N) is 3. The summed E-state index contributed by atoms with van der Waals surface area (Å²) in [5.41, 5.74) is 1.93. The highest BCUT2D eigenvalue weighted by Gasteiger charge is 2.27. The van der Waals surface area contributed by atoms with Crippen LogP contribution in [0.5, 0.6) is 11.5 Å². The van der Waals surface area contributed by atoms with Crippen LogP contribution >= 0.6 is 11.8 Å². The minimum absolute atomic E-state index is 0.0234. The zero-order valence-electron chi connectivity index (χ0n) is 19.1. The summed E-state index contributed by atoms with van der Waals surface area (Å²) in [5.74, 6) is 2.06. The van der Waals surface area contributed by atoms with E-state index in [-0.39, 0.29) is 11.8 Å². The number of nitrogens with one attached hydrogen (secondary N) is 1. The fourth-order valence-corrected chi connectivity index (χ4v) is 4.72. The van der Waals surface area contributed by atoms with Crippen molar-refractivity contribution < 1.29 is 14.3 Å². The summed E-state index contributed by atoms with van der Waals surface area (Å²) in [6.07, 6.45) is 4.96. The van der Waals surface area contributed by atoms with E-state index in [1.807, 2.05) is 6.07 Å². The molecule has 1 amide bonds. The molecular weight excluding hydrogens is 436 g/mol. The molecule has 33 heavy (non-hydrogen) atoms. The summed E-state index contributed by atoms with van der Waals surface area (Å²) >= 11 is 1.62. The first-order valence-corrected chi connectivity index (χ1v) is 11.7. The van der Waals surface area contributed by atoms with E-state index < -0.39 is 0 Å². The van der Waals surface area contributed by atoms with E-state index in [1.165, 1.54) is 5.56 Å². The molecule has 0 spiro atoms. The average Bonchev–Trinajstić information content (AvgIpc) is 2.86. The molecule has 0 bridgehead atoms. The Morgan fingerprint density at radius 3 is 2.39 bits per heavy atom. The van der Waals surface area contributed by atoms with Crippen LogP contribution in [0.15, 0.2) is 64.8 Å². The molecule has 1 aliphatic rings. The quantitative estimate of drug-likeness (QED) is 0.538. The molecular formula is C25H28N4O3S. The van der Waals surface area contributed by atoms with Crippen molar-refractivity contribution in [3.63, 3.8) is 0 Å². The van der Waals surface area contributed by atoms with E-state index in [4.69, 9.17) is 9.47 Å². The van der Waals surface area contributed by atoms with Gasteiger partial charge in [0.25, 0.3) is 0 Å². The van der Waals surface area contributed by atoms with Gasteiger partial charge in [-0.2, -0.15) is 0 Å². The zero-order chi connectivity index (χ0) is 23.2. The second kappa shape index (κ2) is 10.6. The number of carbonyl (C=O) groups excluding carboxylic acids is 1. The fraction of sp³-hybridized carbons (Fsp3) is 0.320. The second-order valence-electron chi connectivity index (χ2n) is 7.92. The monoisotopic (exact) mass is 464 g/mol. The maximum atomic E-state index is 12.9. The molecule has 0 unspecified atom stereocenters. The summed E-state index contributed by atoms with van der Waals surface area (Å²) in [7, 11) is 3.17. The Morgan fingerprint density at radius 1 is 1.00 bits per heavy atom. The van der Waals surface area contributed by atoms with Crippen LogP contribution in [0.3, 0.4) is 0 Å². The number of methoxy groups -OCH3 is 2. The van der Waals surface area contributed by atoms with Gasteiger partial charge in [0.05, 0.1) is 14.2 Å². The maximum absolute atomic E-state index is 12.9. The predicted octanol–water partition coefficient (Wildman–Crippen LogP) is 4.81. The largest absolute Gasteiger partial charge is 0.493 e. The molecule has 2 heterocycles. The lowest BCUT2D eigenvalue weighted by Crippen LogP contribution is -2.38. The third-order valence-corrected chi connectivity index (χ3v) is 6.69. The first kappa shape index (κ1) is 22.9. The van der Waals surface area contributed by atoms with Crippen molar-refractivity contribution >= 4 is 29.2 Å².